The number of hydrogen-bond acceptors (Lipinski definition) is 4. The zero-order chi connectivity index (χ0) is 22.0. The van der Waals surface area contributed by atoms with E-state index in [1.165, 1.54) is 38.5 Å². The lowest BCUT2D eigenvalue weighted by molar-refractivity contribution is -0.137. The van der Waals surface area contributed by atoms with Gasteiger partial charge in [0.25, 0.3) is 0 Å². The maximum atomic E-state index is 10.2. The number of hydrogen-bond donors (Lipinski definition) is 4. The number of unbranched alkanes of at least 4 members (excludes halogenated alkanes) is 4. The van der Waals surface area contributed by atoms with Crippen LogP contribution in [0.1, 0.15) is 87.9 Å². The van der Waals surface area contributed by atoms with Crippen LogP contribution < -0.4 is 0 Å². The van der Waals surface area contributed by atoms with E-state index in [2.05, 4.69) is 6.92 Å². The Hall–Kier alpha value is -1.92. The summed E-state index contributed by atoms with van der Waals surface area (Å²) in [5, 5.41) is 34.6. The molecule has 1 aliphatic carbocycles. The lowest BCUT2D eigenvalue weighted by Crippen LogP contribution is -2.31. The third kappa shape index (κ3) is 13.8. The summed E-state index contributed by atoms with van der Waals surface area (Å²) in [7, 11) is 0. The van der Waals surface area contributed by atoms with Crippen molar-refractivity contribution in [3.63, 3.8) is 0 Å². The third-order valence-corrected chi connectivity index (χ3v) is 5.10. The predicted molar refractivity (Wildman–Crippen MR) is 114 cm³/mol. The number of carboxylic acids is 2. The number of aliphatic hydroxyl groups excluding tert-OH is 2. The number of aromatic carboxylic acids is 1. The minimum atomic E-state index is -0.879. The predicted octanol–water partition coefficient (Wildman–Crippen LogP) is 4.74. The number of aliphatic carboxylic acids is 1. The molecule has 0 radical (unpaired) electrons. The van der Waals surface area contributed by atoms with Crippen molar-refractivity contribution in [2.75, 3.05) is 13.2 Å². The molecule has 29 heavy (non-hydrogen) atoms. The fourth-order valence-electron chi connectivity index (χ4n) is 3.13. The van der Waals surface area contributed by atoms with Crippen LogP contribution in [0.5, 0.6) is 0 Å². The van der Waals surface area contributed by atoms with Crippen molar-refractivity contribution in [2.24, 2.45) is 5.41 Å². The molecule has 1 fully saturated rings. The first kappa shape index (κ1) is 27.1. The molecule has 0 atom stereocenters. The van der Waals surface area contributed by atoms with Crippen molar-refractivity contribution < 1.29 is 30.0 Å². The van der Waals surface area contributed by atoms with Gasteiger partial charge in [-0.15, -0.1) is 0 Å². The van der Waals surface area contributed by atoms with E-state index in [0.29, 0.717) is 12.0 Å². The first-order valence-corrected chi connectivity index (χ1v) is 10.6. The molecule has 2 rings (SSSR count). The lowest BCUT2D eigenvalue weighted by Gasteiger charge is -2.33. The van der Waals surface area contributed by atoms with Crippen LogP contribution in [-0.4, -0.2) is 45.6 Å². The Morgan fingerprint density at radius 3 is 1.79 bits per heavy atom. The average Bonchev–Trinajstić information content (AvgIpc) is 2.75. The normalized spacial score (nSPS) is 14.6. The summed E-state index contributed by atoms with van der Waals surface area (Å²) in [5.41, 5.74) is 0.204. The second-order valence-electron chi connectivity index (χ2n) is 7.61. The van der Waals surface area contributed by atoms with Gasteiger partial charge in [-0.3, -0.25) is 4.79 Å². The van der Waals surface area contributed by atoms with E-state index in [-0.39, 0.29) is 18.6 Å². The van der Waals surface area contributed by atoms with Crippen LogP contribution in [0, 0.1) is 5.41 Å². The average molecular weight is 411 g/mol. The van der Waals surface area contributed by atoms with Gasteiger partial charge in [0.05, 0.1) is 18.8 Å². The second kappa shape index (κ2) is 17.0. The van der Waals surface area contributed by atoms with Gasteiger partial charge in [-0.25, -0.2) is 4.79 Å². The van der Waals surface area contributed by atoms with Crippen molar-refractivity contribution in [1.29, 1.82) is 0 Å². The molecule has 0 amide bonds. The highest BCUT2D eigenvalue weighted by Gasteiger charge is 2.30. The second-order valence-corrected chi connectivity index (χ2v) is 7.61. The summed E-state index contributed by atoms with van der Waals surface area (Å²) in [6.45, 7) is 2.46. The van der Waals surface area contributed by atoms with Crippen LogP contribution in [0.3, 0.4) is 0 Å². The Morgan fingerprint density at radius 2 is 1.41 bits per heavy atom. The van der Waals surface area contributed by atoms with E-state index < -0.39 is 11.9 Å². The topological polar surface area (TPSA) is 115 Å². The minimum absolute atomic E-state index is 0.127. The molecule has 0 aliphatic heterocycles. The van der Waals surface area contributed by atoms with E-state index >= 15 is 0 Å². The van der Waals surface area contributed by atoms with Crippen molar-refractivity contribution >= 4 is 11.9 Å². The van der Waals surface area contributed by atoms with Crippen LogP contribution in [0.25, 0.3) is 0 Å². The van der Waals surface area contributed by atoms with Gasteiger partial charge in [0, 0.05) is 11.8 Å². The molecular weight excluding hydrogens is 372 g/mol. The molecule has 1 aliphatic rings. The monoisotopic (exact) mass is 410 g/mol. The molecule has 0 saturated heterocycles. The fraction of sp³-hybridized carbons (Fsp3) is 0.652. The molecule has 1 saturated carbocycles. The zero-order valence-electron chi connectivity index (χ0n) is 17.7. The number of benzene rings is 1. The largest absolute Gasteiger partial charge is 0.481 e. The Balaban J connectivity index is 0.000000406. The van der Waals surface area contributed by atoms with Crippen LogP contribution in [0.2, 0.25) is 0 Å². The molecule has 0 bridgehead atoms. The highest BCUT2D eigenvalue weighted by atomic mass is 16.4. The van der Waals surface area contributed by atoms with Gasteiger partial charge in [-0.1, -0.05) is 70.1 Å². The van der Waals surface area contributed by atoms with Gasteiger partial charge in [-0.2, -0.15) is 0 Å². The zero-order valence-corrected chi connectivity index (χ0v) is 17.7. The molecule has 0 aromatic heterocycles. The van der Waals surface area contributed by atoms with E-state index in [1.54, 1.807) is 30.3 Å². The van der Waals surface area contributed by atoms with E-state index in [9.17, 15) is 9.59 Å². The van der Waals surface area contributed by atoms with Crippen molar-refractivity contribution in [3.05, 3.63) is 35.9 Å². The first-order chi connectivity index (χ1) is 13.9. The highest BCUT2D eigenvalue weighted by Crippen LogP contribution is 2.34. The molecular formula is C23H38O6. The summed E-state index contributed by atoms with van der Waals surface area (Å²) in [6.07, 6.45) is 11.5. The maximum Gasteiger partial charge on any atom is 0.335 e. The summed E-state index contributed by atoms with van der Waals surface area (Å²) >= 11 is 0. The summed E-state index contributed by atoms with van der Waals surface area (Å²) in [4.78, 5) is 20.2. The molecule has 0 heterocycles. The third-order valence-electron chi connectivity index (χ3n) is 5.10. The molecule has 1 aromatic rings. The van der Waals surface area contributed by atoms with Gasteiger partial charge < -0.3 is 20.4 Å². The standard InChI is InChI=1S/2C8H16O2.C7H6O2/c9-6-8(7-10)4-2-1-3-5-8;1-2-3-4-5-6-7-8(9)10;8-7(9)6-4-2-1-3-5-6/h9-10H,1-7H2;2-7H2,1H3,(H,9,10);1-5H,(H,8,9). The fourth-order valence-corrected chi connectivity index (χ4v) is 3.13. The first-order valence-electron chi connectivity index (χ1n) is 10.6. The SMILES string of the molecule is CCCCCCCC(=O)O.O=C(O)c1ccccc1.OCC1(CO)CCCCC1. The minimum Gasteiger partial charge on any atom is -0.481 e. The van der Waals surface area contributed by atoms with Gasteiger partial charge in [0.15, 0.2) is 0 Å². The number of aliphatic hydroxyl groups is 2. The molecule has 166 valence electrons. The maximum absolute atomic E-state index is 10.2. The quantitative estimate of drug-likeness (QED) is 0.437. The molecule has 4 N–H and O–H groups in total. The summed E-state index contributed by atoms with van der Waals surface area (Å²) in [6, 6.07) is 8.30. The van der Waals surface area contributed by atoms with Gasteiger partial charge in [0.2, 0.25) is 0 Å². The van der Waals surface area contributed by atoms with Crippen molar-refractivity contribution in [2.45, 2.75) is 77.6 Å². The van der Waals surface area contributed by atoms with E-state index in [0.717, 1.165) is 25.7 Å². The van der Waals surface area contributed by atoms with Gasteiger partial charge >= 0.3 is 11.9 Å². The molecule has 0 unspecified atom stereocenters. The van der Waals surface area contributed by atoms with Gasteiger partial charge in [0.1, 0.15) is 0 Å². The lowest BCUT2D eigenvalue weighted by atomic mass is 9.75. The number of carbonyl (C=O) groups is 2. The van der Waals surface area contributed by atoms with Crippen LogP contribution >= 0.6 is 0 Å². The van der Waals surface area contributed by atoms with E-state index in [4.69, 9.17) is 20.4 Å². The van der Waals surface area contributed by atoms with E-state index in [1.807, 2.05) is 0 Å². The Bertz CT molecular complexity index is 532. The Labute approximate surface area is 174 Å². The molecule has 6 nitrogen and oxygen atoms in total. The number of rotatable bonds is 9. The van der Waals surface area contributed by atoms with Crippen LogP contribution in [0.15, 0.2) is 30.3 Å². The van der Waals surface area contributed by atoms with Crippen LogP contribution in [-0.2, 0) is 4.79 Å². The van der Waals surface area contributed by atoms with Crippen molar-refractivity contribution in [3.8, 4) is 0 Å². The summed E-state index contributed by atoms with van der Waals surface area (Å²) in [5.74, 6) is -1.55. The highest BCUT2D eigenvalue weighted by molar-refractivity contribution is 5.87. The van der Waals surface area contributed by atoms with Crippen molar-refractivity contribution in [1.82, 2.24) is 0 Å². The molecule has 6 heteroatoms. The Kier molecular flexibility index (Phi) is 15.9. The molecule has 1 aromatic carbocycles. The Morgan fingerprint density at radius 1 is 0.862 bits per heavy atom. The smallest absolute Gasteiger partial charge is 0.335 e. The summed E-state index contributed by atoms with van der Waals surface area (Å²) < 4.78 is 0. The van der Waals surface area contributed by atoms with Crippen LogP contribution in [0.4, 0.5) is 0 Å². The molecule has 0 spiro atoms. The van der Waals surface area contributed by atoms with Gasteiger partial charge in [-0.05, 0) is 31.4 Å². The number of carboxylic acid groups (broad SMARTS) is 2.